The Morgan fingerprint density at radius 2 is 1.64 bits per heavy atom. The van der Waals surface area contributed by atoms with Crippen LogP contribution in [0.2, 0.25) is 0 Å². The Bertz CT molecular complexity index is 949. The molecular formula is C22H25F3N4O3S. The first-order valence-corrected chi connectivity index (χ1v) is 11.3. The maximum Gasteiger partial charge on any atom is 0.573 e. The van der Waals surface area contributed by atoms with E-state index in [0.29, 0.717) is 25.3 Å². The first-order valence-electron chi connectivity index (χ1n) is 10.3. The van der Waals surface area contributed by atoms with E-state index in [9.17, 15) is 22.8 Å². The molecule has 0 atom stereocenters. The minimum atomic E-state index is -4.70. The maximum atomic E-state index is 12.5. The minimum Gasteiger partial charge on any atom is -0.406 e. The van der Waals surface area contributed by atoms with Gasteiger partial charge in [0.05, 0.1) is 18.0 Å². The van der Waals surface area contributed by atoms with Crippen LogP contribution in [0.3, 0.4) is 0 Å². The van der Waals surface area contributed by atoms with Gasteiger partial charge in [-0.25, -0.2) is 0 Å². The molecule has 0 unspecified atom stereocenters. The average Bonchev–Trinajstić information content (AvgIpc) is 2.75. The van der Waals surface area contributed by atoms with Crippen molar-refractivity contribution in [1.82, 2.24) is 9.80 Å². The van der Waals surface area contributed by atoms with Crippen molar-refractivity contribution < 1.29 is 27.5 Å². The van der Waals surface area contributed by atoms with E-state index < -0.39 is 12.3 Å². The first kappa shape index (κ1) is 24.9. The van der Waals surface area contributed by atoms with Crippen molar-refractivity contribution in [2.24, 2.45) is 5.73 Å². The second kappa shape index (κ2) is 11.4. The smallest absolute Gasteiger partial charge is 0.406 e. The molecule has 11 heteroatoms. The molecule has 1 heterocycles. The number of alkyl halides is 3. The molecule has 1 saturated heterocycles. The molecule has 178 valence electrons. The number of halogens is 3. The van der Waals surface area contributed by atoms with Gasteiger partial charge in [-0.05, 0) is 29.8 Å². The number of hydrogen-bond donors (Lipinski definition) is 2. The van der Waals surface area contributed by atoms with Crippen LogP contribution in [0.5, 0.6) is 5.75 Å². The predicted molar refractivity (Wildman–Crippen MR) is 120 cm³/mol. The number of carbonyl (C=O) groups is 2. The van der Waals surface area contributed by atoms with Crippen LogP contribution in [0.15, 0.2) is 53.4 Å². The number of nitrogens with one attached hydrogen (secondary N) is 1. The van der Waals surface area contributed by atoms with Gasteiger partial charge in [-0.1, -0.05) is 24.3 Å². The van der Waals surface area contributed by atoms with E-state index in [1.165, 1.54) is 23.9 Å². The summed E-state index contributed by atoms with van der Waals surface area (Å²) in [6, 6.07) is 13.1. The number of nitrogens with zero attached hydrogens (tertiary/aromatic N) is 2. The lowest BCUT2D eigenvalue weighted by molar-refractivity contribution is -0.274. The van der Waals surface area contributed by atoms with E-state index in [1.807, 2.05) is 23.1 Å². The monoisotopic (exact) mass is 482 g/mol. The summed E-state index contributed by atoms with van der Waals surface area (Å²) >= 11 is 1.27. The lowest BCUT2D eigenvalue weighted by Crippen LogP contribution is -2.48. The predicted octanol–water partition coefficient (Wildman–Crippen LogP) is 2.92. The van der Waals surface area contributed by atoms with Crippen molar-refractivity contribution in [1.29, 1.82) is 0 Å². The number of primary amides is 1. The van der Waals surface area contributed by atoms with Crippen molar-refractivity contribution in [3.8, 4) is 5.75 Å². The minimum absolute atomic E-state index is 0.132. The number of thioether (sulfide) groups is 1. The molecule has 0 aliphatic carbocycles. The first-order chi connectivity index (χ1) is 15.7. The molecule has 3 rings (SSSR count). The third-order valence-electron chi connectivity index (χ3n) is 4.93. The maximum absolute atomic E-state index is 12.5. The van der Waals surface area contributed by atoms with Crippen molar-refractivity contribution in [3.63, 3.8) is 0 Å². The molecule has 1 fully saturated rings. The van der Waals surface area contributed by atoms with E-state index in [1.54, 1.807) is 18.2 Å². The highest BCUT2D eigenvalue weighted by Gasteiger charge is 2.31. The average molecular weight is 483 g/mol. The number of anilines is 1. The van der Waals surface area contributed by atoms with Crippen LogP contribution in [0.25, 0.3) is 0 Å². The molecule has 2 amide bonds. The van der Waals surface area contributed by atoms with E-state index >= 15 is 0 Å². The van der Waals surface area contributed by atoms with Gasteiger partial charge in [0.1, 0.15) is 5.75 Å². The van der Waals surface area contributed by atoms with E-state index in [0.717, 1.165) is 23.5 Å². The number of para-hydroxylation sites is 1. The van der Waals surface area contributed by atoms with Gasteiger partial charge in [0, 0.05) is 37.6 Å². The lowest BCUT2D eigenvalue weighted by Gasteiger charge is -2.34. The molecule has 0 bridgehead atoms. The highest BCUT2D eigenvalue weighted by molar-refractivity contribution is 8.00. The van der Waals surface area contributed by atoms with Crippen LogP contribution in [0.4, 0.5) is 18.9 Å². The van der Waals surface area contributed by atoms with Gasteiger partial charge in [-0.15, -0.1) is 24.9 Å². The van der Waals surface area contributed by atoms with Crippen molar-refractivity contribution in [2.45, 2.75) is 17.8 Å². The number of amides is 2. The topological polar surface area (TPSA) is 87.9 Å². The van der Waals surface area contributed by atoms with Gasteiger partial charge in [-0.3, -0.25) is 19.4 Å². The third kappa shape index (κ3) is 8.60. The zero-order valence-corrected chi connectivity index (χ0v) is 18.6. The summed E-state index contributed by atoms with van der Waals surface area (Å²) in [6.45, 7) is 3.71. The largest absolute Gasteiger partial charge is 0.573 e. The summed E-state index contributed by atoms with van der Waals surface area (Å²) in [6.07, 6.45) is -4.70. The Morgan fingerprint density at radius 1 is 1.00 bits per heavy atom. The molecule has 3 N–H and O–H groups in total. The SMILES string of the molecule is NC(=O)CSc1ccccc1NC(=O)CN1CCN(Cc2ccc(OC(F)(F)F)cc2)CC1. The second-order valence-electron chi connectivity index (χ2n) is 7.54. The number of ether oxygens (including phenoxy) is 1. The van der Waals surface area contributed by atoms with Crippen molar-refractivity contribution in [3.05, 3.63) is 54.1 Å². The lowest BCUT2D eigenvalue weighted by atomic mass is 10.2. The zero-order chi connectivity index (χ0) is 23.8. The number of benzene rings is 2. The quantitative estimate of drug-likeness (QED) is 0.535. The summed E-state index contributed by atoms with van der Waals surface area (Å²) in [5.41, 5.74) is 6.73. The van der Waals surface area contributed by atoms with Gasteiger partial charge in [0.25, 0.3) is 0 Å². The van der Waals surface area contributed by atoms with Crippen LogP contribution < -0.4 is 15.8 Å². The van der Waals surface area contributed by atoms with E-state index in [4.69, 9.17) is 5.73 Å². The molecule has 2 aromatic rings. The fraction of sp³-hybridized carbons (Fsp3) is 0.364. The summed E-state index contributed by atoms with van der Waals surface area (Å²) < 4.78 is 40.7. The zero-order valence-electron chi connectivity index (χ0n) is 17.8. The van der Waals surface area contributed by atoms with Gasteiger partial charge >= 0.3 is 6.36 Å². The van der Waals surface area contributed by atoms with Crippen LogP contribution in [-0.4, -0.2) is 66.5 Å². The second-order valence-corrected chi connectivity index (χ2v) is 8.56. The number of piperazine rings is 1. The number of rotatable bonds is 9. The molecule has 0 aromatic heterocycles. The summed E-state index contributed by atoms with van der Waals surface area (Å²) in [5, 5.41) is 2.89. The number of nitrogens with two attached hydrogens (primary N) is 1. The van der Waals surface area contributed by atoms with Crippen LogP contribution in [0.1, 0.15) is 5.56 Å². The molecular weight excluding hydrogens is 457 g/mol. The van der Waals surface area contributed by atoms with Gasteiger partial charge < -0.3 is 15.8 Å². The van der Waals surface area contributed by atoms with Crippen LogP contribution >= 0.6 is 11.8 Å². The van der Waals surface area contributed by atoms with Crippen LogP contribution in [-0.2, 0) is 16.1 Å². The van der Waals surface area contributed by atoms with Gasteiger partial charge in [0.2, 0.25) is 11.8 Å². The Morgan fingerprint density at radius 3 is 2.27 bits per heavy atom. The molecule has 33 heavy (non-hydrogen) atoms. The highest BCUT2D eigenvalue weighted by Crippen LogP contribution is 2.27. The number of carbonyl (C=O) groups excluding carboxylic acids is 2. The molecule has 7 nitrogen and oxygen atoms in total. The van der Waals surface area contributed by atoms with E-state index in [-0.39, 0.29) is 24.0 Å². The fourth-order valence-corrected chi connectivity index (χ4v) is 4.14. The third-order valence-corrected chi connectivity index (χ3v) is 6.02. The number of hydrogen-bond acceptors (Lipinski definition) is 6. The molecule has 0 saturated carbocycles. The van der Waals surface area contributed by atoms with Crippen molar-refractivity contribution in [2.75, 3.05) is 43.8 Å². The molecule has 0 spiro atoms. The summed E-state index contributed by atoms with van der Waals surface area (Å²) in [4.78, 5) is 28.6. The Hall–Kier alpha value is -2.76. The molecule has 0 radical (unpaired) electrons. The Balaban J connectivity index is 1.43. The van der Waals surface area contributed by atoms with Crippen LogP contribution in [0, 0.1) is 0 Å². The normalized spacial score (nSPS) is 15.2. The Labute approximate surface area is 194 Å². The van der Waals surface area contributed by atoms with Crippen molar-refractivity contribution >= 4 is 29.3 Å². The molecule has 1 aliphatic rings. The summed E-state index contributed by atoms with van der Waals surface area (Å²) in [7, 11) is 0. The molecule has 2 aromatic carbocycles. The standard InChI is InChI=1S/C22H25F3N4O3S/c23-22(24,25)32-17-7-5-16(6-8-17)13-28-9-11-29(12-10-28)14-21(31)27-18-3-1-2-4-19(18)33-15-20(26)30/h1-8H,9-15H2,(H2,26,30)(H,27,31). The van der Waals surface area contributed by atoms with E-state index in [2.05, 4.69) is 15.0 Å². The summed E-state index contributed by atoms with van der Waals surface area (Å²) in [5.74, 6) is -0.676. The van der Waals surface area contributed by atoms with Gasteiger partial charge in [0.15, 0.2) is 0 Å². The Kier molecular flexibility index (Phi) is 8.59. The fourth-order valence-electron chi connectivity index (χ4n) is 3.40. The highest BCUT2D eigenvalue weighted by atomic mass is 32.2. The molecule has 1 aliphatic heterocycles. The van der Waals surface area contributed by atoms with Gasteiger partial charge in [-0.2, -0.15) is 0 Å².